The topological polar surface area (TPSA) is 66.4 Å². The fourth-order valence-corrected chi connectivity index (χ4v) is 3.27. The van der Waals surface area contributed by atoms with Crippen LogP contribution in [0.25, 0.3) is 0 Å². The summed E-state index contributed by atoms with van der Waals surface area (Å²) < 4.78 is 0. The van der Waals surface area contributed by atoms with Gasteiger partial charge in [0.05, 0.1) is 6.54 Å². The molecule has 0 aromatic carbocycles. The molecule has 0 radical (unpaired) electrons. The van der Waals surface area contributed by atoms with Gasteiger partial charge in [0.25, 0.3) is 0 Å². The minimum absolute atomic E-state index is 0.00614. The first kappa shape index (κ1) is 17.1. The predicted molar refractivity (Wildman–Crippen MR) is 94.9 cm³/mol. The lowest BCUT2D eigenvalue weighted by atomic mass is 10.1. The lowest BCUT2D eigenvalue weighted by Crippen LogP contribution is -2.47. The number of carbonyl (C=O) groups is 2. The molecule has 130 valence electrons. The van der Waals surface area contributed by atoms with Crippen molar-refractivity contribution in [2.75, 3.05) is 18.0 Å². The molecule has 0 spiro atoms. The highest BCUT2D eigenvalue weighted by Gasteiger charge is 2.34. The van der Waals surface area contributed by atoms with E-state index in [9.17, 15) is 9.59 Å². The number of carbonyl (C=O) groups excluding carboxylic acids is 2. The quantitative estimate of drug-likeness (QED) is 0.806. The van der Waals surface area contributed by atoms with Crippen LogP contribution in [0.5, 0.6) is 0 Å². The second-order valence-electron chi connectivity index (χ2n) is 6.31. The van der Waals surface area contributed by atoms with Gasteiger partial charge in [0.1, 0.15) is 11.8 Å². The molecule has 1 unspecified atom stereocenters. The molecule has 1 fully saturated rings. The van der Waals surface area contributed by atoms with Crippen molar-refractivity contribution in [2.45, 2.75) is 32.4 Å². The molecule has 0 saturated carbocycles. The SMILES string of the molecule is CC(=O)CN(Cc1cccnc1)C(=O)C1CCCN1c1ccncc1. The summed E-state index contributed by atoms with van der Waals surface area (Å²) in [7, 11) is 0. The van der Waals surface area contributed by atoms with Crippen molar-refractivity contribution in [1.82, 2.24) is 14.9 Å². The number of anilines is 1. The van der Waals surface area contributed by atoms with Crippen LogP contribution in [0.2, 0.25) is 0 Å². The van der Waals surface area contributed by atoms with Crippen molar-refractivity contribution in [3.8, 4) is 0 Å². The smallest absolute Gasteiger partial charge is 0.245 e. The summed E-state index contributed by atoms with van der Waals surface area (Å²) in [5, 5.41) is 0. The van der Waals surface area contributed by atoms with E-state index in [-0.39, 0.29) is 24.3 Å². The third kappa shape index (κ3) is 4.21. The number of Topliss-reactive ketones (excluding diaryl/α,β-unsaturated/α-hetero) is 1. The number of amides is 1. The Balaban J connectivity index is 1.80. The standard InChI is InChI=1S/C19H22N4O2/c1-15(24)13-22(14-16-4-2-8-21-12-16)19(25)18-5-3-11-23(18)17-6-9-20-10-7-17/h2,4,6-10,12,18H,3,5,11,13-14H2,1H3. The van der Waals surface area contributed by atoms with Crippen molar-refractivity contribution < 1.29 is 9.59 Å². The Labute approximate surface area is 147 Å². The molecular weight excluding hydrogens is 316 g/mol. The van der Waals surface area contributed by atoms with Crippen LogP contribution in [0.3, 0.4) is 0 Å². The van der Waals surface area contributed by atoms with E-state index in [2.05, 4.69) is 14.9 Å². The van der Waals surface area contributed by atoms with Crippen LogP contribution in [-0.4, -0.2) is 45.7 Å². The van der Waals surface area contributed by atoms with Gasteiger partial charge in [-0.1, -0.05) is 6.07 Å². The Morgan fingerprint density at radius 2 is 2.00 bits per heavy atom. The van der Waals surface area contributed by atoms with Crippen molar-refractivity contribution in [1.29, 1.82) is 0 Å². The summed E-state index contributed by atoms with van der Waals surface area (Å²) in [4.78, 5) is 36.7. The summed E-state index contributed by atoms with van der Waals surface area (Å²) in [5.74, 6) is -0.0286. The van der Waals surface area contributed by atoms with E-state index in [0.29, 0.717) is 6.54 Å². The first-order valence-electron chi connectivity index (χ1n) is 8.49. The average Bonchev–Trinajstić information content (AvgIpc) is 3.11. The lowest BCUT2D eigenvalue weighted by Gasteiger charge is -2.31. The number of aromatic nitrogens is 2. The fourth-order valence-electron chi connectivity index (χ4n) is 3.27. The number of hydrogen-bond donors (Lipinski definition) is 0. The molecule has 0 bridgehead atoms. The van der Waals surface area contributed by atoms with Crippen molar-refractivity contribution in [3.63, 3.8) is 0 Å². The molecule has 0 aliphatic carbocycles. The van der Waals surface area contributed by atoms with Crippen molar-refractivity contribution in [2.24, 2.45) is 0 Å². The van der Waals surface area contributed by atoms with Crippen LogP contribution in [0.1, 0.15) is 25.3 Å². The van der Waals surface area contributed by atoms with Gasteiger partial charge >= 0.3 is 0 Å². The first-order chi connectivity index (χ1) is 12.1. The zero-order valence-corrected chi connectivity index (χ0v) is 14.3. The van der Waals surface area contributed by atoms with E-state index in [4.69, 9.17) is 0 Å². The molecule has 2 aromatic rings. The highest BCUT2D eigenvalue weighted by Crippen LogP contribution is 2.26. The van der Waals surface area contributed by atoms with Gasteiger partial charge in [-0.2, -0.15) is 0 Å². The maximum Gasteiger partial charge on any atom is 0.245 e. The Morgan fingerprint density at radius 1 is 1.20 bits per heavy atom. The molecule has 0 N–H and O–H groups in total. The second-order valence-corrected chi connectivity index (χ2v) is 6.31. The molecule has 1 aliphatic rings. The Kier molecular flexibility index (Phi) is 5.38. The molecule has 3 rings (SSSR count). The monoisotopic (exact) mass is 338 g/mol. The largest absolute Gasteiger partial charge is 0.359 e. The third-order valence-electron chi connectivity index (χ3n) is 4.35. The fraction of sp³-hybridized carbons (Fsp3) is 0.368. The summed E-state index contributed by atoms with van der Waals surface area (Å²) in [6, 6.07) is 7.36. The van der Waals surface area contributed by atoms with Gasteiger partial charge < -0.3 is 9.80 Å². The van der Waals surface area contributed by atoms with Gasteiger partial charge in [-0.25, -0.2) is 0 Å². The summed E-state index contributed by atoms with van der Waals surface area (Å²) in [6.07, 6.45) is 8.65. The van der Waals surface area contributed by atoms with Crippen LogP contribution < -0.4 is 4.90 Å². The number of ketones is 1. The van der Waals surface area contributed by atoms with Gasteiger partial charge in [0.2, 0.25) is 5.91 Å². The molecule has 6 heteroatoms. The molecule has 2 aromatic heterocycles. The lowest BCUT2D eigenvalue weighted by molar-refractivity contribution is -0.136. The summed E-state index contributed by atoms with van der Waals surface area (Å²) in [6.45, 7) is 2.86. The highest BCUT2D eigenvalue weighted by molar-refractivity contribution is 5.89. The van der Waals surface area contributed by atoms with Gasteiger partial charge in [-0.15, -0.1) is 0 Å². The average molecular weight is 338 g/mol. The van der Waals surface area contributed by atoms with E-state index in [1.807, 2.05) is 24.3 Å². The summed E-state index contributed by atoms with van der Waals surface area (Å²) >= 11 is 0. The van der Waals surface area contributed by atoms with Crippen LogP contribution >= 0.6 is 0 Å². The molecule has 1 saturated heterocycles. The Bertz CT molecular complexity index is 721. The van der Waals surface area contributed by atoms with E-state index >= 15 is 0 Å². The van der Waals surface area contributed by atoms with Gasteiger partial charge in [0.15, 0.2) is 0 Å². The molecule has 1 atom stereocenters. The second kappa shape index (κ2) is 7.88. The number of rotatable bonds is 6. The minimum Gasteiger partial charge on any atom is -0.359 e. The Morgan fingerprint density at radius 3 is 2.68 bits per heavy atom. The molecular formula is C19H22N4O2. The Hall–Kier alpha value is -2.76. The van der Waals surface area contributed by atoms with E-state index in [0.717, 1.165) is 30.6 Å². The van der Waals surface area contributed by atoms with Crippen LogP contribution in [0.15, 0.2) is 49.1 Å². The third-order valence-corrected chi connectivity index (χ3v) is 4.35. The van der Waals surface area contributed by atoms with Gasteiger partial charge in [-0.3, -0.25) is 19.6 Å². The number of nitrogens with zero attached hydrogens (tertiary/aromatic N) is 4. The highest BCUT2D eigenvalue weighted by atomic mass is 16.2. The molecule has 1 amide bonds. The minimum atomic E-state index is -0.238. The number of pyridine rings is 2. The van der Waals surface area contributed by atoms with Crippen molar-refractivity contribution >= 4 is 17.4 Å². The zero-order chi connectivity index (χ0) is 17.6. The summed E-state index contributed by atoms with van der Waals surface area (Å²) in [5.41, 5.74) is 1.92. The van der Waals surface area contributed by atoms with E-state index in [1.54, 1.807) is 29.7 Å². The van der Waals surface area contributed by atoms with E-state index < -0.39 is 0 Å². The molecule has 1 aliphatic heterocycles. The first-order valence-corrected chi connectivity index (χ1v) is 8.49. The molecule has 3 heterocycles. The normalized spacial score (nSPS) is 16.7. The maximum atomic E-state index is 13.2. The number of hydrogen-bond acceptors (Lipinski definition) is 5. The van der Waals surface area contributed by atoms with Gasteiger partial charge in [0, 0.05) is 43.6 Å². The van der Waals surface area contributed by atoms with Crippen molar-refractivity contribution in [3.05, 3.63) is 54.6 Å². The van der Waals surface area contributed by atoms with Crippen LogP contribution in [-0.2, 0) is 16.1 Å². The van der Waals surface area contributed by atoms with Crippen LogP contribution in [0, 0.1) is 0 Å². The van der Waals surface area contributed by atoms with Crippen LogP contribution in [0.4, 0.5) is 5.69 Å². The van der Waals surface area contributed by atoms with Gasteiger partial charge in [-0.05, 0) is 43.5 Å². The molecule has 6 nitrogen and oxygen atoms in total. The maximum absolute atomic E-state index is 13.2. The zero-order valence-electron chi connectivity index (χ0n) is 14.3. The predicted octanol–water partition coefficient (Wildman–Crippen LogP) is 2.06. The molecule has 25 heavy (non-hydrogen) atoms. The van der Waals surface area contributed by atoms with E-state index in [1.165, 1.54) is 6.92 Å².